The van der Waals surface area contributed by atoms with Crippen LogP contribution in [0.3, 0.4) is 0 Å². The first-order valence-electron chi connectivity index (χ1n) is 9.58. The average Bonchev–Trinajstić information content (AvgIpc) is 3.22. The monoisotopic (exact) mass is 429 g/mol. The fraction of sp³-hybridized carbons (Fsp3) is 0.273. The van der Waals surface area contributed by atoms with Crippen LogP contribution in [-0.2, 0) is 9.53 Å². The summed E-state index contributed by atoms with van der Waals surface area (Å²) in [6.45, 7) is 1.92. The number of ether oxygens (including phenoxy) is 4. The number of fused-ring (bicyclic) bond motifs is 1. The van der Waals surface area contributed by atoms with Crippen molar-refractivity contribution in [1.82, 2.24) is 0 Å². The van der Waals surface area contributed by atoms with Crippen molar-refractivity contribution in [2.75, 3.05) is 25.3 Å². The summed E-state index contributed by atoms with van der Waals surface area (Å²) in [5.41, 5.74) is 1.12. The molecule has 0 fully saturated rings. The van der Waals surface area contributed by atoms with Crippen LogP contribution in [-0.4, -0.2) is 42.3 Å². The lowest BCUT2D eigenvalue weighted by molar-refractivity contribution is -0.131. The molecule has 2 aromatic carbocycles. The van der Waals surface area contributed by atoms with Crippen molar-refractivity contribution in [2.24, 2.45) is 5.92 Å². The van der Waals surface area contributed by atoms with Crippen molar-refractivity contribution in [3.05, 3.63) is 60.2 Å². The molecule has 3 N–H and O–H groups in total. The van der Waals surface area contributed by atoms with E-state index in [1.54, 1.807) is 49.4 Å². The molecule has 0 saturated heterocycles. The normalized spacial score (nSPS) is 14.1. The summed E-state index contributed by atoms with van der Waals surface area (Å²) < 4.78 is 21.5. The molecule has 0 aliphatic carbocycles. The second kappa shape index (κ2) is 10.4. The van der Waals surface area contributed by atoms with Crippen LogP contribution in [0.25, 0.3) is 0 Å². The molecule has 1 aliphatic rings. The van der Waals surface area contributed by atoms with Crippen LogP contribution in [0.5, 0.6) is 17.2 Å². The number of rotatable bonds is 9. The number of carboxylic acid groups (broad SMARTS) is 1. The van der Waals surface area contributed by atoms with E-state index in [2.05, 4.69) is 5.32 Å². The number of nitrogens with one attached hydrogen (secondary N) is 1. The Morgan fingerprint density at radius 1 is 1.16 bits per heavy atom. The van der Waals surface area contributed by atoms with Crippen LogP contribution in [0, 0.1) is 5.92 Å². The molecule has 164 valence electrons. The summed E-state index contributed by atoms with van der Waals surface area (Å²) >= 11 is 0. The number of hydrogen-bond acceptors (Lipinski definition) is 7. The number of aliphatic carboxylic acids is 1. The Labute approximate surface area is 178 Å². The third-order valence-corrected chi connectivity index (χ3v) is 4.44. The first-order valence-corrected chi connectivity index (χ1v) is 9.58. The Hall–Kier alpha value is -3.72. The molecule has 1 amide bonds. The quantitative estimate of drug-likeness (QED) is 0.519. The Kier molecular flexibility index (Phi) is 7.34. The summed E-state index contributed by atoms with van der Waals surface area (Å²) in [4.78, 5) is 23.4. The summed E-state index contributed by atoms with van der Waals surface area (Å²) in [6.07, 6.45) is 1.00. The molecule has 1 heterocycles. The molecule has 0 bridgehead atoms. The van der Waals surface area contributed by atoms with Gasteiger partial charge in [0.1, 0.15) is 18.5 Å². The molecule has 0 unspecified atom stereocenters. The zero-order valence-corrected chi connectivity index (χ0v) is 16.8. The summed E-state index contributed by atoms with van der Waals surface area (Å²) in [7, 11) is 0. The van der Waals surface area contributed by atoms with Crippen LogP contribution >= 0.6 is 0 Å². The summed E-state index contributed by atoms with van der Waals surface area (Å²) in [5, 5.41) is 20.4. The van der Waals surface area contributed by atoms with Gasteiger partial charge in [-0.3, -0.25) is 5.32 Å². The van der Waals surface area contributed by atoms with Crippen LogP contribution in [0.1, 0.15) is 18.6 Å². The fourth-order valence-electron chi connectivity index (χ4n) is 2.97. The van der Waals surface area contributed by atoms with Gasteiger partial charge in [-0.15, -0.1) is 0 Å². The van der Waals surface area contributed by atoms with E-state index in [1.165, 1.54) is 6.08 Å². The summed E-state index contributed by atoms with van der Waals surface area (Å²) in [6, 6.07) is 11.8. The highest BCUT2D eigenvalue weighted by molar-refractivity contribution is 5.85. The lowest BCUT2D eigenvalue weighted by Gasteiger charge is -2.23. The molecular formula is C22H23NO8. The van der Waals surface area contributed by atoms with Crippen LogP contribution in [0.15, 0.2) is 54.6 Å². The van der Waals surface area contributed by atoms with Crippen LogP contribution in [0.2, 0.25) is 0 Å². The van der Waals surface area contributed by atoms with Gasteiger partial charge in [0.15, 0.2) is 11.5 Å². The topological polar surface area (TPSA) is 124 Å². The van der Waals surface area contributed by atoms with Gasteiger partial charge >= 0.3 is 12.1 Å². The molecular weight excluding hydrogens is 406 g/mol. The lowest BCUT2D eigenvalue weighted by Crippen LogP contribution is -2.21. The Balaban J connectivity index is 1.74. The van der Waals surface area contributed by atoms with Gasteiger partial charge in [0, 0.05) is 23.7 Å². The first-order chi connectivity index (χ1) is 15.0. The van der Waals surface area contributed by atoms with E-state index >= 15 is 0 Å². The molecule has 3 rings (SSSR count). The lowest BCUT2D eigenvalue weighted by atomic mass is 9.96. The molecule has 0 aromatic heterocycles. The van der Waals surface area contributed by atoms with Gasteiger partial charge in [-0.25, -0.2) is 9.59 Å². The van der Waals surface area contributed by atoms with E-state index in [0.717, 1.165) is 6.08 Å². The fourth-order valence-corrected chi connectivity index (χ4v) is 2.97. The zero-order chi connectivity index (χ0) is 22.2. The van der Waals surface area contributed by atoms with E-state index in [1.807, 2.05) is 0 Å². The third-order valence-electron chi connectivity index (χ3n) is 4.44. The second-order valence-electron chi connectivity index (χ2n) is 6.72. The van der Waals surface area contributed by atoms with Crippen molar-refractivity contribution < 1.29 is 38.7 Å². The smallest absolute Gasteiger partial charge is 0.412 e. The Morgan fingerprint density at radius 2 is 1.90 bits per heavy atom. The van der Waals surface area contributed by atoms with Gasteiger partial charge in [-0.05, 0) is 29.8 Å². The Morgan fingerprint density at radius 3 is 2.61 bits per heavy atom. The molecule has 9 heteroatoms. The number of carbonyl (C=O) groups is 2. The van der Waals surface area contributed by atoms with Crippen LogP contribution < -0.4 is 19.5 Å². The van der Waals surface area contributed by atoms with E-state index in [4.69, 9.17) is 29.2 Å². The molecule has 2 aromatic rings. The van der Waals surface area contributed by atoms with Gasteiger partial charge in [0.05, 0.1) is 6.61 Å². The highest BCUT2D eigenvalue weighted by Gasteiger charge is 2.23. The molecule has 0 saturated carbocycles. The van der Waals surface area contributed by atoms with Crippen molar-refractivity contribution in [3.8, 4) is 17.2 Å². The maximum absolute atomic E-state index is 12.5. The SMILES string of the molecule is C[C@@H](/C=C/C(=O)O)[C@H](OC(=O)Nc1ccc2c(c1)OCO2)c1ccc(OCCO)cc1. The standard InChI is InChI=1S/C22H23NO8/c1-14(2-9-20(25)26)21(15-3-6-17(7-4-15)28-11-10-24)31-22(27)23-16-5-8-18-19(12-16)30-13-29-18/h2-9,12,14,21,24H,10-11,13H2,1H3,(H,23,27)(H,25,26)/b9-2+/t14-,21-/m0/s1. The minimum atomic E-state index is -1.09. The second-order valence-corrected chi connectivity index (χ2v) is 6.72. The number of benzene rings is 2. The average molecular weight is 429 g/mol. The van der Waals surface area contributed by atoms with Crippen LogP contribution in [0.4, 0.5) is 10.5 Å². The number of aliphatic hydroxyl groups is 1. The predicted octanol–water partition coefficient (Wildman–Crippen LogP) is 3.35. The zero-order valence-electron chi connectivity index (χ0n) is 16.8. The van der Waals surface area contributed by atoms with Crippen molar-refractivity contribution in [1.29, 1.82) is 0 Å². The van der Waals surface area contributed by atoms with Gasteiger partial charge in [-0.1, -0.05) is 25.1 Å². The number of aliphatic hydroxyl groups excluding tert-OH is 1. The third kappa shape index (κ3) is 6.13. The van der Waals surface area contributed by atoms with Gasteiger partial charge < -0.3 is 29.2 Å². The molecule has 2 atom stereocenters. The van der Waals surface area contributed by atoms with Crippen molar-refractivity contribution in [3.63, 3.8) is 0 Å². The van der Waals surface area contributed by atoms with Gasteiger partial charge in [0.25, 0.3) is 0 Å². The maximum atomic E-state index is 12.5. The minimum absolute atomic E-state index is 0.107. The number of hydrogen-bond donors (Lipinski definition) is 3. The first kappa shape index (κ1) is 22.0. The van der Waals surface area contributed by atoms with E-state index in [9.17, 15) is 9.59 Å². The number of carboxylic acids is 1. The number of anilines is 1. The van der Waals surface area contributed by atoms with E-state index < -0.39 is 24.1 Å². The van der Waals surface area contributed by atoms with E-state index in [0.29, 0.717) is 28.5 Å². The molecule has 0 radical (unpaired) electrons. The highest BCUT2D eigenvalue weighted by Crippen LogP contribution is 2.35. The van der Waals surface area contributed by atoms with Gasteiger partial charge in [0.2, 0.25) is 6.79 Å². The highest BCUT2D eigenvalue weighted by atomic mass is 16.7. The molecule has 31 heavy (non-hydrogen) atoms. The van der Waals surface area contributed by atoms with Gasteiger partial charge in [-0.2, -0.15) is 0 Å². The Bertz CT molecular complexity index is 941. The summed E-state index contributed by atoms with van der Waals surface area (Å²) in [5.74, 6) is 0.138. The van der Waals surface area contributed by atoms with Crippen molar-refractivity contribution in [2.45, 2.75) is 13.0 Å². The molecule has 9 nitrogen and oxygen atoms in total. The molecule has 0 spiro atoms. The van der Waals surface area contributed by atoms with Crippen molar-refractivity contribution >= 4 is 17.7 Å². The molecule has 1 aliphatic heterocycles. The maximum Gasteiger partial charge on any atom is 0.412 e. The number of amides is 1. The largest absolute Gasteiger partial charge is 0.491 e. The predicted molar refractivity (Wildman–Crippen MR) is 110 cm³/mol. The van der Waals surface area contributed by atoms with E-state index in [-0.39, 0.29) is 20.0 Å². The minimum Gasteiger partial charge on any atom is -0.491 e. The number of carbonyl (C=O) groups excluding carboxylic acids is 1.